The molecule has 0 aliphatic carbocycles. The lowest BCUT2D eigenvalue weighted by Crippen LogP contribution is -2.09. The molecule has 0 fully saturated rings. The van der Waals surface area contributed by atoms with Crippen LogP contribution in [0.1, 0.15) is 35.7 Å². The van der Waals surface area contributed by atoms with E-state index in [0.717, 1.165) is 39.9 Å². The molecule has 0 unspecified atom stereocenters. The van der Waals surface area contributed by atoms with Gasteiger partial charge >= 0.3 is 0 Å². The summed E-state index contributed by atoms with van der Waals surface area (Å²) in [6.45, 7) is 4.07. The van der Waals surface area contributed by atoms with Crippen molar-refractivity contribution in [3.63, 3.8) is 0 Å². The Balaban J connectivity index is 2.16. The molecule has 0 amide bonds. The van der Waals surface area contributed by atoms with E-state index in [4.69, 9.17) is 4.74 Å². The lowest BCUT2D eigenvalue weighted by atomic mass is 10.0. The molecule has 5 nitrogen and oxygen atoms in total. The van der Waals surface area contributed by atoms with Gasteiger partial charge in [-0.15, -0.1) is 0 Å². The summed E-state index contributed by atoms with van der Waals surface area (Å²) >= 11 is 0. The smallest absolute Gasteiger partial charge is 0.166 e. The van der Waals surface area contributed by atoms with Crippen LogP contribution in [-0.4, -0.2) is 32.0 Å². The van der Waals surface area contributed by atoms with Gasteiger partial charge in [0.25, 0.3) is 0 Å². The molecule has 0 bridgehead atoms. The van der Waals surface area contributed by atoms with Crippen molar-refractivity contribution in [3.05, 3.63) is 53.7 Å². The van der Waals surface area contributed by atoms with Gasteiger partial charge in [0.2, 0.25) is 0 Å². The molecule has 0 saturated carbocycles. The van der Waals surface area contributed by atoms with Gasteiger partial charge in [-0.1, -0.05) is 19.1 Å². The second-order valence-corrected chi connectivity index (χ2v) is 7.10. The van der Waals surface area contributed by atoms with Crippen molar-refractivity contribution in [1.82, 2.24) is 4.98 Å². The van der Waals surface area contributed by atoms with Crippen LogP contribution in [-0.2, 0) is 0 Å². The first-order chi connectivity index (χ1) is 13.5. The van der Waals surface area contributed by atoms with Gasteiger partial charge in [-0.25, -0.2) is 0 Å². The Kier molecular flexibility index (Phi) is 5.83. The Labute approximate surface area is 166 Å². The third-order valence-corrected chi connectivity index (χ3v) is 4.84. The van der Waals surface area contributed by atoms with E-state index in [9.17, 15) is 4.79 Å². The minimum atomic E-state index is 0.0878. The third-order valence-electron chi connectivity index (χ3n) is 4.84. The molecule has 146 valence electrons. The number of carbonyl (C=O) groups excluding carboxylic acids is 1. The number of aromatic nitrogens is 1. The first kappa shape index (κ1) is 19.7. The van der Waals surface area contributed by atoms with Crippen molar-refractivity contribution in [2.75, 3.05) is 31.4 Å². The Morgan fingerprint density at radius 3 is 2.64 bits per heavy atom. The van der Waals surface area contributed by atoms with Crippen LogP contribution >= 0.6 is 0 Å². The van der Waals surface area contributed by atoms with E-state index in [2.05, 4.69) is 34.3 Å². The highest BCUT2D eigenvalue weighted by molar-refractivity contribution is 6.09. The van der Waals surface area contributed by atoms with Gasteiger partial charge in [0.05, 0.1) is 18.4 Å². The number of carbonyl (C=O) groups is 1. The molecule has 0 atom stereocenters. The minimum Gasteiger partial charge on any atom is -0.494 e. The number of hydrogen-bond acceptors (Lipinski definition) is 5. The number of ether oxygens (including phenoxy) is 1. The zero-order valence-electron chi connectivity index (χ0n) is 17.2. The van der Waals surface area contributed by atoms with Gasteiger partial charge in [0.15, 0.2) is 5.78 Å². The molecule has 0 radical (unpaired) electrons. The van der Waals surface area contributed by atoms with Crippen molar-refractivity contribution in [2.24, 2.45) is 0 Å². The van der Waals surface area contributed by atoms with Crippen molar-refractivity contribution in [1.29, 1.82) is 0 Å². The monoisotopic (exact) mass is 377 g/mol. The molecule has 0 saturated heterocycles. The van der Waals surface area contributed by atoms with E-state index in [1.807, 2.05) is 45.3 Å². The van der Waals surface area contributed by atoms with Gasteiger partial charge in [-0.05, 0) is 43.2 Å². The highest BCUT2D eigenvalue weighted by Crippen LogP contribution is 2.35. The summed E-state index contributed by atoms with van der Waals surface area (Å²) in [7, 11) is 5.67. The topological polar surface area (TPSA) is 54.5 Å². The number of rotatable bonds is 7. The minimum absolute atomic E-state index is 0.0878. The lowest BCUT2D eigenvalue weighted by molar-refractivity contribution is 0.0982. The largest absolute Gasteiger partial charge is 0.494 e. The average Bonchev–Trinajstić information content (AvgIpc) is 2.69. The number of pyridine rings is 1. The zero-order valence-corrected chi connectivity index (χ0v) is 17.2. The van der Waals surface area contributed by atoms with Crippen molar-refractivity contribution in [3.8, 4) is 5.75 Å². The fraction of sp³-hybridized carbons (Fsp3) is 0.304. The van der Waals surface area contributed by atoms with Crippen LogP contribution in [0.25, 0.3) is 10.9 Å². The maximum atomic E-state index is 12.8. The van der Waals surface area contributed by atoms with Crippen LogP contribution in [0.15, 0.2) is 42.6 Å². The predicted octanol–water partition coefficient (Wildman–Crippen LogP) is 5.34. The van der Waals surface area contributed by atoms with Crippen molar-refractivity contribution < 1.29 is 9.53 Å². The van der Waals surface area contributed by atoms with Crippen LogP contribution in [0, 0.1) is 6.92 Å². The Hall–Kier alpha value is -3.08. The summed E-state index contributed by atoms with van der Waals surface area (Å²) in [5.74, 6) is 0.777. The number of hydrogen-bond donors (Lipinski definition) is 1. The van der Waals surface area contributed by atoms with Gasteiger partial charge in [0, 0.05) is 43.5 Å². The highest BCUT2D eigenvalue weighted by Gasteiger charge is 2.17. The maximum Gasteiger partial charge on any atom is 0.166 e. The van der Waals surface area contributed by atoms with E-state index < -0.39 is 0 Å². The van der Waals surface area contributed by atoms with E-state index in [1.165, 1.54) is 0 Å². The van der Waals surface area contributed by atoms with Gasteiger partial charge in [-0.3, -0.25) is 9.78 Å². The number of benzene rings is 2. The fourth-order valence-electron chi connectivity index (χ4n) is 3.27. The molecule has 1 aromatic heterocycles. The molecule has 3 aromatic rings. The van der Waals surface area contributed by atoms with Crippen LogP contribution < -0.4 is 15.0 Å². The third kappa shape index (κ3) is 3.79. The van der Waals surface area contributed by atoms with Gasteiger partial charge in [0.1, 0.15) is 11.3 Å². The van der Waals surface area contributed by atoms with Crippen LogP contribution in [0.5, 0.6) is 5.75 Å². The van der Waals surface area contributed by atoms with E-state index in [-0.39, 0.29) is 5.78 Å². The second-order valence-electron chi connectivity index (χ2n) is 7.10. The summed E-state index contributed by atoms with van der Waals surface area (Å²) in [4.78, 5) is 19.4. The summed E-state index contributed by atoms with van der Waals surface area (Å²) < 4.78 is 5.47. The summed E-state index contributed by atoms with van der Waals surface area (Å²) in [5, 5.41) is 4.38. The summed E-state index contributed by atoms with van der Waals surface area (Å²) in [6, 6.07) is 12.0. The molecule has 1 heterocycles. The first-order valence-electron chi connectivity index (χ1n) is 9.50. The highest BCUT2D eigenvalue weighted by atomic mass is 16.5. The van der Waals surface area contributed by atoms with E-state index in [1.54, 1.807) is 13.3 Å². The number of anilines is 3. The van der Waals surface area contributed by atoms with Crippen molar-refractivity contribution >= 4 is 33.7 Å². The van der Waals surface area contributed by atoms with Gasteiger partial charge < -0.3 is 15.0 Å². The number of nitrogens with zero attached hydrogens (tertiary/aromatic N) is 2. The van der Waals surface area contributed by atoms with E-state index in [0.29, 0.717) is 17.7 Å². The molecule has 0 spiro atoms. The Morgan fingerprint density at radius 1 is 1.21 bits per heavy atom. The number of para-hydroxylation sites is 1. The predicted molar refractivity (Wildman–Crippen MR) is 116 cm³/mol. The maximum absolute atomic E-state index is 12.8. The lowest BCUT2D eigenvalue weighted by Gasteiger charge is -2.19. The second kappa shape index (κ2) is 8.30. The molecule has 1 N–H and O–H groups in total. The van der Waals surface area contributed by atoms with Gasteiger partial charge in [-0.2, -0.15) is 0 Å². The van der Waals surface area contributed by atoms with Crippen molar-refractivity contribution in [2.45, 2.75) is 26.7 Å². The molecule has 28 heavy (non-hydrogen) atoms. The number of methoxy groups -OCH3 is 1. The number of aryl methyl sites for hydroxylation is 1. The van der Waals surface area contributed by atoms with Crippen LogP contribution in [0.3, 0.4) is 0 Å². The molecule has 0 aliphatic heterocycles. The Morgan fingerprint density at radius 2 is 2.00 bits per heavy atom. The van der Waals surface area contributed by atoms with Crippen LogP contribution in [0.2, 0.25) is 0 Å². The molecule has 2 aromatic carbocycles. The number of nitrogens with one attached hydrogen (secondary N) is 1. The number of Topliss-reactive ketones (excluding diaryl/α,β-unsaturated/α-hetero) is 1. The summed E-state index contributed by atoms with van der Waals surface area (Å²) in [5.41, 5.74) is 5.33. The fourth-order valence-corrected chi connectivity index (χ4v) is 3.27. The molecule has 3 rings (SSSR count). The standard InChI is InChI=1S/C23H27N3O2/c1-6-8-20(27)18-14-24-23-17(9-7-10-21(23)28-5)22(18)25-19-12-11-16(26(3)4)13-15(19)2/h7,9-14H,6,8H2,1-5H3,(H,24,25). The van der Waals surface area contributed by atoms with E-state index >= 15 is 0 Å². The Bertz CT molecular complexity index is 1010. The molecular weight excluding hydrogens is 350 g/mol. The molecule has 0 aliphatic rings. The normalized spacial score (nSPS) is 10.8. The first-order valence-corrected chi connectivity index (χ1v) is 9.50. The number of ketones is 1. The zero-order chi connectivity index (χ0) is 20.3. The molecular formula is C23H27N3O2. The molecule has 5 heteroatoms. The average molecular weight is 377 g/mol. The quantitative estimate of drug-likeness (QED) is 0.563. The van der Waals surface area contributed by atoms with Crippen LogP contribution in [0.4, 0.5) is 17.1 Å². The summed E-state index contributed by atoms with van der Waals surface area (Å²) in [6.07, 6.45) is 2.95. The SMILES string of the molecule is CCCC(=O)c1cnc2c(OC)cccc2c1Nc1ccc(N(C)C)cc1C. The number of fused-ring (bicyclic) bond motifs is 1.